The largest absolute Gasteiger partial charge is 0.349 e. The average molecular weight is 451 g/mol. The molecule has 1 amide bonds. The van der Waals surface area contributed by atoms with Crippen LogP contribution >= 0.6 is 38.6 Å². The molecule has 0 atom stereocenters. The summed E-state index contributed by atoms with van der Waals surface area (Å²) in [5.41, 5.74) is 2.11. The van der Waals surface area contributed by atoms with Crippen LogP contribution in [0.3, 0.4) is 0 Å². The number of hydrogen-bond donors (Lipinski definition) is 1. The number of nitrogens with zero attached hydrogens (tertiary/aromatic N) is 1. The highest BCUT2D eigenvalue weighted by molar-refractivity contribution is 9.11. The second kappa shape index (κ2) is 8.36. The highest BCUT2D eigenvalue weighted by Crippen LogP contribution is 2.40. The van der Waals surface area contributed by atoms with Crippen LogP contribution in [0.2, 0.25) is 0 Å². The lowest BCUT2D eigenvalue weighted by atomic mass is 9.93. The zero-order valence-electron chi connectivity index (χ0n) is 14.7. The van der Waals surface area contributed by atoms with Gasteiger partial charge in [0.2, 0.25) is 0 Å². The molecule has 4 rings (SSSR count). The summed E-state index contributed by atoms with van der Waals surface area (Å²) >= 11 is 6.86. The Morgan fingerprint density at radius 1 is 1.12 bits per heavy atom. The third-order valence-electron chi connectivity index (χ3n) is 5.22. The molecule has 1 N–H and O–H groups in total. The van der Waals surface area contributed by atoms with E-state index in [0.717, 1.165) is 44.9 Å². The number of hydrogen-bond acceptors (Lipinski definition) is 4. The minimum Gasteiger partial charge on any atom is -0.349 e. The van der Waals surface area contributed by atoms with Crippen molar-refractivity contribution in [2.75, 3.05) is 0 Å². The second-order valence-corrected chi connectivity index (χ2v) is 10.7. The predicted octanol–water partition coefficient (Wildman–Crippen LogP) is 6.26. The topological polar surface area (TPSA) is 41.5 Å². The second-order valence-electron chi connectivity index (χ2n) is 7.10. The molecule has 1 fully saturated rings. The number of carbonyl (C=O) groups excluding carboxylic acids is 1. The van der Waals surface area contributed by atoms with E-state index in [9.17, 15) is 4.79 Å². The fourth-order valence-corrected chi connectivity index (χ4v) is 6.43. The van der Waals surface area contributed by atoms with Gasteiger partial charge >= 0.3 is 0 Å². The van der Waals surface area contributed by atoms with Crippen LogP contribution in [0.15, 0.2) is 20.9 Å². The number of aryl methyl sites for hydroxylation is 1. The van der Waals surface area contributed by atoms with Crippen LogP contribution < -0.4 is 5.32 Å². The van der Waals surface area contributed by atoms with Gasteiger partial charge in [-0.15, -0.1) is 22.7 Å². The van der Waals surface area contributed by atoms with E-state index in [1.165, 1.54) is 42.5 Å². The summed E-state index contributed by atoms with van der Waals surface area (Å²) in [6.45, 7) is 0. The molecule has 0 saturated heterocycles. The van der Waals surface area contributed by atoms with E-state index in [1.807, 2.05) is 18.3 Å². The van der Waals surface area contributed by atoms with E-state index in [2.05, 4.69) is 21.2 Å². The van der Waals surface area contributed by atoms with Gasteiger partial charge in [0.05, 0.1) is 9.35 Å². The molecule has 0 radical (unpaired) electrons. The molecule has 3 nitrogen and oxygen atoms in total. The number of fused-ring (bicyclic) bond motifs is 1. The monoisotopic (exact) mass is 450 g/mol. The highest BCUT2D eigenvalue weighted by Gasteiger charge is 2.27. The maximum absolute atomic E-state index is 13.1. The van der Waals surface area contributed by atoms with E-state index in [4.69, 9.17) is 4.99 Å². The van der Waals surface area contributed by atoms with Crippen LogP contribution in [-0.4, -0.2) is 18.2 Å². The maximum Gasteiger partial charge on any atom is 0.254 e. The first kappa shape index (κ1) is 18.4. The van der Waals surface area contributed by atoms with Gasteiger partial charge in [0, 0.05) is 22.0 Å². The van der Waals surface area contributed by atoms with E-state index in [0.29, 0.717) is 6.04 Å². The molecule has 2 heterocycles. The summed E-state index contributed by atoms with van der Waals surface area (Å²) in [5, 5.41) is 4.19. The molecule has 2 aliphatic carbocycles. The van der Waals surface area contributed by atoms with E-state index in [1.54, 1.807) is 22.7 Å². The molecule has 2 aromatic heterocycles. The van der Waals surface area contributed by atoms with Gasteiger partial charge in [-0.1, -0.05) is 19.3 Å². The summed E-state index contributed by atoms with van der Waals surface area (Å²) in [5.74, 6) is 0.0933. The fourth-order valence-electron chi connectivity index (χ4n) is 3.90. The molecular weight excluding hydrogens is 428 g/mol. The first-order chi connectivity index (χ1) is 12.7. The molecule has 2 aliphatic rings. The Bertz CT molecular complexity index is 818. The number of thiophene rings is 2. The zero-order chi connectivity index (χ0) is 17.9. The number of amides is 1. The van der Waals surface area contributed by atoms with Crippen LogP contribution in [0.25, 0.3) is 0 Å². The van der Waals surface area contributed by atoms with E-state index in [-0.39, 0.29) is 5.91 Å². The van der Waals surface area contributed by atoms with E-state index < -0.39 is 0 Å². The first-order valence-corrected chi connectivity index (χ1v) is 11.9. The van der Waals surface area contributed by atoms with Crippen molar-refractivity contribution >= 4 is 55.7 Å². The Balaban J connectivity index is 1.61. The number of rotatable bonds is 4. The summed E-state index contributed by atoms with van der Waals surface area (Å²) in [7, 11) is 0. The van der Waals surface area contributed by atoms with Crippen LogP contribution in [-0.2, 0) is 12.8 Å². The molecule has 26 heavy (non-hydrogen) atoms. The van der Waals surface area contributed by atoms with Crippen molar-refractivity contribution in [2.45, 2.75) is 63.8 Å². The SMILES string of the molecule is O=C(NC1CCCCC1)c1c(N=Cc2ccc(Br)s2)sc2c1CCCC2. The van der Waals surface area contributed by atoms with Crippen molar-refractivity contribution in [3.63, 3.8) is 0 Å². The molecule has 6 heteroatoms. The first-order valence-electron chi connectivity index (χ1n) is 9.45. The molecule has 138 valence electrons. The zero-order valence-corrected chi connectivity index (χ0v) is 17.9. The van der Waals surface area contributed by atoms with Crippen LogP contribution in [0.4, 0.5) is 5.00 Å². The lowest BCUT2D eigenvalue weighted by molar-refractivity contribution is 0.0927. The lowest BCUT2D eigenvalue weighted by Gasteiger charge is -2.23. The van der Waals surface area contributed by atoms with Crippen molar-refractivity contribution in [3.8, 4) is 0 Å². The van der Waals surface area contributed by atoms with E-state index >= 15 is 0 Å². The van der Waals surface area contributed by atoms with Crippen molar-refractivity contribution in [3.05, 3.63) is 36.8 Å². The Hall–Kier alpha value is -0.980. The van der Waals surface area contributed by atoms with Crippen LogP contribution in [0.1, 0.15) is 70.6 Å². The highest BCUT2D eigenvalue weighted by atomic mass is 79.9. The van der Waals surface area contributed by atoms with Crippen molar-refractivity contribution in [1.82, 2.24) is 5.32 Å². The van der Waals surface area contributed by atoms with Crippen molar-refractivity contribution in [2.24, 2.45) is 4.99 Å². The standard InChI is InChI=1S/C20H23BrN2OS2/c21-17-11-10-14(25-17)12-22-20-18(15-8-4-5-9-16(15)26-20)19(24)23-13-6-2-1-3-7-13/h10-13H,1-9H2,(H,23,24). The van der Waals surface area contributed by atoms with Crippen molar-refractivity contribution < 1.29 is 4.79 Å². The maximum atomic E-state index is 13.1. The summed E-state index contributed by atoms with van der Waals surface area (Å²) in [4.78, 5) is 20.3. The van der Waals surface area contributed by atoms with Gasteiger partial charge in [-0.25, -0.2) is 4.99 Å². The molecule has 0 aromatic carbocycles. The van der Waals surface area contributed by atoms with Gasteiger partial charge in [0.25, 0.3) is 5.91 Å². The smallest absolute Gasteiger partial charge is 0.254 e. The van der Waals surface area contributed by atoms with Crippen LogP contribution in [0, 0.1) is 0 Å². The van der Waals surface area contributed by atoms with Gasteiger partial charge in [-0.2, -0.15) is 0 Å². The molecule has 0 aliphatic heterocycles. The summed E-state index contributed by atoms with van der Waals surface area (Å²) in [6, 6.07) is 4.41. The number of carbonyl (C=O) groups is 1. The molecular formula is C20H23BrN2OS2. The van der Waals surface area contributed by atoms with Gasteiger partial charge in [0.1, 0.15) is 5.00 Å². The molecule has 0 bridgehead atoms. The van der Waals surface area contributed by atoms with Crippen LogP contribution in [0.5, 0.6) is 0 Å². The lowest BCUT2D eigenvalue weighted by Crippen LogP contribution is -2.36. The average Bonchev–Trinajstić information content (AvgIpc) is 3.23. The molecule has 1 saturated carbocycles. The predicted molar refractivity (Wildman–Crippen MR) is 115 cm³/mol. The number of nitrogens with one attached hydrogen (secondary N) is 1. The molecule has 2 aromatic rings. The Morgan fingerprint density at radius 2 is 1.92 bits per heavy atom. The minimum absolute atomic E-state index is 0.0933. The quantitative estimate of drug-likeness (QED) is 0.548. The Morgan fingerprint density at radius 3 is 2.69 bits per heavy atom. The normalized spacial score (nSPS) is 18.2. The van der Waals surface area contributed by atoms with Gasteiger partial charge in [0.15, 0.2) is 0 Å². The van der Waals surface area contributed by atoms with Crippen molar-refractivity contribution in [1.29, 1.82) is 0 Å². The van der Waals surface area contributed by atoms with Gasteiger partial charge in [-0.3, -0.25) is 4.79 Å². The van der Waals surface area contributed by atoms with Gasteiger partial charge < -0.3 is 5.32 Å². The van der Waals surface area contributed by atoms with Gasteiger partial charge in [-0.05, 0) is 72.2 Å². The Kier molecular flexibility index (Phi) is 5.91. The fraction of sp³-hybridized carbons (Fsp3) is 0.500. The summed E-state index contributed by atoms with van der Waals surface area (Å²) in [6.07, 6.45) is 12.4. The molecule has 0 unspecified atom stereocenters. The number of halogens is 1. The Labute approximate surface area is 171 Å². The summed E-state index contributed by atoms with van der Waals surface area (Å²) < 4.78 is 1.10. The third-order valence-corrected chi connectivity index (χ3v) is 7.98. The number of aliphatic imine (C=N–C) groups is 1. The molecule has 0 spiro atoms. The third kappa shape index (κ3) is 4.12. The minimum atomic E-state index is 0.0933.